The standard InChI is InChI=1S/C21H15F2N5O3/c22-16-9-13(21(7-8-21)19(29)26-11-24)3-6-15(16)12-1-4-14(5-2-12)28-18(31-20(25)30)17(23)10-27-28/h1-6,9-10H,7-8H2,(H2,25,30)(H,26,29). The van der Waals surface area contributed by atoms with E-state index in [9.17, 15) is 18.4 Å². The Labute approximate surface area is 174 Å². The lowest BCUT2D eigenvalue weighted by molar-refractivity contribution is -0.122. The van der Waals surface area contributed by atoms with E-state index in [1.54, 1.807) is 42.6 Å². The highest BCUT2D eigenvalue weighted by molar-refractivity contribution is 5.92. The van der Waals surface area contributed by atoms with Crippen molar-refractivity contribution in [1.82, 2.24) is 15.1 Å². The van der Waals surface area contributed by atoms with Crippen LogP contribution >= 0.6 is 0 Å². The molecule has 0 saturated heterocycles. The van der Waals surface area contributed by atoms with Crippen LogP contribution in [0.2, 0.25) is 0 Å². The Kier molecular flexibility index (Phi) is 4.87. The quantitative estimate of drug-likeness (QED) is 0.483. The molecule has 3 aromatic rings. The summed E-state index contributed by atoms with van der Waals surface area (Å²) in [6, 6.07) is 10.8. The number of carbonyl (C=O) groups is 2. The highest BCUT2D eigenvalue weighted by Gasteiger charge is 2.51. The summed E-state index contributed by atoms with van der Waals surface area (Å²) >= 11 is 0. The van der Waals surface area contributed by atoms with Gasteiger partial charge in [0.15, 0.2) is 6.19 Å². The number of aromatic nitrogens is 2. The highest BCUT2D eigenvalue weighted by Crippen LogP contribution is 2.49. The van der Waals surface area contributed by atoms with Crippen molar-refractivity contribution in [1.29, 1.82) is 5.26 Å². The van der Waals surface area contributed by atoms with Crippen molar-refractivity contribution in [2.75, 3.05) is 0 Å². The minimum atomic E-state index is -1.18. The largest absolute Gasteiger partial charge is 0.411 e. The smallest absolute Gasteiger partial charge is 0.388 e. The second-order valence-corrected chi connectivity index (χ2v) is 7.02. The molecule has 1 aliphatic carbocycles. The van der Waals surface area contributed by atoms with Gasteiger partial charge in [-0.3, -0.25) is 10.1 Å². The molecule has 8 nitrogen and oxygen atoms in total. The van der Waals surface area contributed by atoms with Crippen LogP contribution in [-0.4, -0.2) is 21.8 Å². The first-order valence-electron chi connectivity index (χ1n) is 9.17. The van der Waals surface area contributed by atoms with E-state index >= 15 is 0 Å². The van der Waals surface area contributed by atoms with Gasteiger partial charge in [0.2, 0.25) is 11.7 Å². The number of carbonyl (C=O) groups excluding carboxylic acids is 2. The summed E-state index contributed by atoms with van der Waals surface area (Å²) in [7, 11) is 0. The van der Waals surface area contributed by atoms with Crippen LogP contribution in [0.5, 0.6) is 5.88 Å². The molecular formula is C21H15F2N5O3. The van der Waals surface area contributed by atoms with Gasteiger partial charge in [0.05, 0.1) is 17.3 Å². The Bertz CT molecular complexity index is 1230. The molecule has 0 unspecified atom stereocenters. The number of halogens is 2. The van der Waals surface area contributed by atoms with E-state index < -0.39 is 34.9 Å². The second kappa shape index (κ2) is 7.53. The molecule has 156 valence electrons. The van der Waals surface area contributed by atoms with Crippen molar-refractivity contribution >= 4 is 12.0 Å². The summed E-state index contributed by atoms with van der Waals surface area (Å²) in [6.45, 7) is 0. The SMILES string of the molecule is N#CNC(=O)C1(c2ccc(-c3ccc(-n4ncc(F)c4OC(N)=O)cc3)c(F)c2)CC1. The number of hydrogen-bond donors (Lipinski definition) is 2. The Morgan fingerprint density at radius 2 is 1.87 bits per heavy atom. The molecule has 1 aromatic heterocycles. The van der Waals surface area contributed by atoms with Crippen LogP contribution < -0.4 is 15.8 Å². The number of nitrogens with one attached hydrogen (secondary N) is 1. The number of primary amides is 1. The van der Waals surface area contributed by atoms with Gasteiger partial charge in [0, 0.05) is 5.56 Å². The van der Waals surface area contributed by atoms with Crippen LogP contribution in [0.3, 0.4) is 0 Å². The van der Waals surface area contributed by atoms with E-state index in [-0.39, 0.29) is 0 Å². The van der Waals surface area contributed by atoms with Gasteiger partial charge in [-0.15, -0.1) is 0 Å². The normalized spacial score (nSPS) is 13.8. The van der Waals surface area contributed by atoms with E-state index in [0.717, 1.165) is 10.9 Å². The fourth-order valence-electron chi connectivity index (χ4n) is 3.46. The van der Waals surface area contributed by atoms with Crippen LogP contribution in [0.1, 0.15) is 18.4 Å². The van der Waals surface area contributed by atoms with Gasteiger partial charge in [0.25, 0.3) is 5.88 Å². The predicted octanol–water partition coefficient (Wildman–Crippen LogP) is 2.90. The molecule has 10 heteroatoms. The molecule has 2 aromatic carbocycles. The van der Waals surface area contributed by atoms with Gasteiger partial charge in [-0.05, 0) is 42.2 Å². The monoisotopic (exact) mass is 423 g/mol. The lowest BCUT2D eigenvalue weighted by Crippen LogP contribution is -2.31. The van der Waals surface area contributed by atoms with Gasteiger partial charge in [-0.2, -0.15) is 19.4 Å². The zero-order chi connectivity index (χ0) is 22.2. The highest BCUT2D eigenvalue weighted by atomic mass is 19.1. The number of nitrogens with two attached hydrogens (primary N) is 1. The van der Waals surface area contributed by atoms with Gasteiger partial charge in [-0.1, -0.05) is 24.3 Å². The van der Waals surface area contributed by atoms with Crippen molar-refractivity contribution in [3.05, 3.63) is 65.9 Å². The summed E-state index contributed by atoms with van der Waals surface area (Å²) in [5.74, 6) is -2.28. The number of nitrogens with zero attached hydrogens (tertiary/aromatic N) is 3. The number of rotatable bonds is 5. The number of nitriles is 1. The number of amides is 2. The maximum atomic E-state index is 14.8. The molecule has 0 aliphatic heterocycles. The summed E-state index contributed by atoms with van der Waals surface area (Å²) in [6.07, 6.45) is 2.39. The second-order valence-electron chi connectivity index (χ2n) is 7.02. The molecule has 31 heavy (non-hydrogen) atoms. The maximum absolute atomic E-state index is 14.8. The third-order valence-corrected chi connectivity index (χ3v) is 5.18. The molecule has 1 aliphatic rings. The first kappa shape index (κ1) is 20.0. The van der Waals surface area contributed by atoms with E-state index in [1.807, 2.05) is 0 Å². The van der Waals surface area contributed by atoms with E-state index in [2.05, 4.69) is 15.2 Å². The number of ether oxygens (including phenoxy) is 1. The lowest BCUT2D eigenvalue weighted by Gasteiger charge is -2.14. The van der Waals surface area contributed by atoms with Crippen molar-refractivity contribution < 1.29 is 23.1 Å². The molecule has 1 heterocycles. The molecular weight excluding hydrogens is 408 g/mol. The fourth-order valence-corrected chi connectivity index (χ4v) is 3.46. The van der Waals surface area contributed by atoms with E-state index in [1.165, 1.54) is 6.07 Å². The Hall–Kier alpha value is -4.26. The molecule has 2 amide bonds. The third kappa shape index (κ3) is 3.57. The third-order valence-electron chi connectivity index (χ3n) is 5.18. The summed E-state index contributed by atoms with van der Waals surface area (Å²) < 4.78 is 34.3. The van der Waals surface area contributed by atoms with Crippen LogP contribution in [0.4, 0.5) is 13.6 Å². The average molecular weight is 423 g/mol. The molecule has 0 bridgehead atoms. The van der Waals surface area contributed by atoms with Crippen molar-refractivity contribution in [3.8, 4) is 28.9 Å². The van der Waals surface area contributed by atoms with Crippen molar-refractivity contribution in [3.63, 3.8) is 0 Å². The fraction of sp³-hybridized carbons (Fsp3) is 0.143. The van der Waals surface area contributed by atoms with Gasteiger partial charge >= 0.3 is 6.09 Å². The van der Waals surface area contributed by atoms with Crippen LogP contribution in [0.15, 0.2) is 48.7 Å². The Balaban J connectivity index is 1.62. The van der Waals surface area contributed by atoms with Crippen LogP contribution in [0.25, 0.3) is 16.8 Å². The van der Waals surface area contributed by atoms with Crippen LogP contribution in [-0.2, 0) is 10.2 Å². The number of benzene rings is 2. The number of hydrogen-bond acceptors (Lipinski definition) is 5. The molecule has 3 N–H and O–H groups in total. The maximum Gasteiger partial charge on any atom is 0.411 e. The summed E-state index contributed by atoms with van der Waals surface area (Å²) in [5, 5.41) is 14.6. The molecule has 1 saturated carbocycles. The first-order chi connectivity index (χ1) is 14.9. The lowest BCUT2D eigenvalue weighted by atomic mass is 9.92. The zero-order valence-corrected chi connectivity index (χ0v) is 15.9. The topological polar surface area (TPSA) is 123 Å². The van der Waals surface area contributed by atoms with Crippen LogP contribution in [0, 0.1) is 23.1 Å². The summed E-state index contributed by atoms with van der Waals surface area (Å²) in [5.41, 5.74) is 5.80. The van der Waals surface area contributed by atoms with Gasteiger partial charge in [-0.25, -0.2) is 9.18 Å². The molecule has 1 fully saturated rings. The molecule has 0 radical (unpaired) electrons. The van der Waals surface area contributed by atoms with Gasteiger partial charge in [0.1, 0.15) is 5.82 Å². The first-order valence-corrected chi connectivity index (χ1v) is 9.17. The van der Waals surface area contributed by atoms with Gasteiger partial charge < -0.3 is 10.5 Å². The predicted molar refractivity (Wildman–Crippen MR) is 104 cm³/mol. The minimum Gasteiger partial charge on any atom is -0.388 e. The zero-order valence-electron chi connectivity index (χ0n) is 15.9. The summed E-state index contributed by atoms with van der Waals surface area (Å²) in [4.78, 5) is 23.1. The molecule has 0 atom stereocenters. The van der Waals surface area contributed by atoms with Crippen molar-refractivity contribution in [2.24, 2.45) is 5.73 Å². The van der Waals surface area contributed by atoms with E-state index in [0.29, 0.717) is 35.2 Å². The molecule has 0 spiro atoms. The molecule has 4 rings (SSSR count). The average Bonchev–Trinajstić information content (AvgIpc) is 3.48. The van der Waals surface area contributed by atoms with E-state index in [4.69, 9.17) is 11.0 Å². The Morgan fingerprint density at radius 1 is 1.16 bits per heavy atom. The minimum absolute atomic E-state index is 0.298. The van der Waals surface area contributed by atoms with Crippen molar-refractivity contribution in [2.45, 2.75) is 18.3 Å². The Morgan fingerprint density at radius 3 is 2.45 bits per heavy atom.